The Kier molecular flexibility index (Phi) is 5.13. The van der Waals surface area contributed by atoms with E-state index in [2.05, 4.69) is 5.32 Å². The van der Waals surface area contributed by atoms with Gasteiger partial charge in [-0.3, -0.25) is 14.9 Å². The van der Waals surface area contributed by atoms with Crippen molar-refractivity contribution in [2.24, 2.45) is 0 Å². The van der Waals surface area contributed by atoms with Crippen molar-refractivity contribution in [1.29, 1.82) is 0 Å². The van der Waals surface area contributed by atoms with Gasteiger partial charge in [-0.25, -0.2) is 9.18 Å². The molecule has 3 aromatic rings. The Morgan fingerprint density at radius 3 is 2.67 bits per heavy atom. The number of hydrogen-bond donors (Lipinski definition) is 1. The van der Waals surface area contributed by atoms with Gasteiger partial charge in [-0.15, -0.1) is 11.3 Å². The Morgan fingerprint density at radius 1 is 1.22 bits per heavy atom. The van der Waals surface area contributed by atoms with Gasteiger partial charge in [0, 0.05) is 16.2 Å². The van der Waals surface area contributed by atoms with Crippen molar-refractivity contribution < 1.29 is 23.6 Å². The van der Waals surface area contributed by atoms with Crippen LogP contribution in [-0.2, 0) is 9.53 Å². The average molecular weight is 388 g/mol. The first-order valence-corrected chi connectivity index (χ1v) is 8.62. The van der Waals surface area contributed by atoms with Crippen molar-refractivity contribution in [3.05, 3.63) is 69.3 Å². The van der Waals surface area contributed by atoms with Crippen LogP contribution in [0.1, 0.15) is 16.6 Å². The van der Waals surface area contributed by atoms with Crippen LogP contribution >= 0.6 is 11.3 Å². The Morgan fingerprint density at radius 2 is 1.96 bits per heavy atom. The van der Waals surface area contributed by atoms with Gasteiger partial charge in [-0.05, 0) is 31.2 Å². The van der Waals surface area contributed by atoms with Crippen LogP contribution in [-0.4, -0.2) is 22.9 Å². The number of ether oxygens (including phenoxy) is 1. The van der Waals surface area contributed by atoms with E-state index < -0.39 is 28.7 Å². The van der Waals surface area contributed by atoms with E-state index in [4.69, 9.17) is 4.74 Å². The predicted molar refractivity (Wildman–Crippen MR) is 98.4 cm³/mol. The first-order valence-electron chi connectivity index (χ1n) is 7.80. The molecule has 0 aliphatic heterocycles. The van der Waals surface area contributed by atoms with Crippen LogP contribution in [0, 0.1) is 15.9 Å². The standard InChI is InChI=1S/C18H13FN2O5S/c1-10(17(22)20-13-6-2-3-7-14(13)21(24)25)26-18(23)16-9-11-12(19)5-4-8-15(11)27-16/h2-10H,1H3,(H,20,22)/t10-/m0/s1. The maximum absolute atomic E-state index is 13.7. The number of benzene rings is 2. The number of rotatable bonds is 5. The Balaban J connectivity index is 1.71. The molecule has 3 rings (SSSR count). The fourth-order valence-electron chi connectivity index (χ4n) is 2.37. The quantitative estimate of drug-likeness (QED) is 0.402. The van der Waals surface area contributed by atoms with Crippen molar-refractivity contribution in [2.45, 2.75) is 13.0 Å². The molecule has 1 amide bonds. The molecule has 0 aliphatic carbocycles. The number of fused-ring (bicyclic) bond motifs is 1. The third kappa shape index (κ3) is 3.93. The largest absolute Gasteiger partial charge is 0.448 e. The zero-order valence-electron chi connectivity index (χ0n) is 14.0. The summed E-state index contributed by atoms with van der Waals surface area (Å²) in [6, 6.07) is 11.5. The minimum atomic E-state index is -1.20. The second kappa shape index (κ2) is 7.50. The Hall–Kier alpha value is -3.33. The molecule has 0 aliphatic rings. The number of carbonyl (C=O) groups excluding carboxylic acids is 2. The number of esters is 1. The molecule has 1 N–H and O–H groups in total. The molecule has 0 fully saturated rings. The van der Waals surface area contributed by atoms with Gasteiger partial charge < -0.3 is 10.1 Å². The van der Waals surface area contributed by atoms with Gasteiger partial charge in [0.2, 0.25) is 0 Å². The normalized spacial score (nSPS) is 11.8. The number of nitro benzene ring substituents is 1. The number of thiophene rings is 1. The fourth-order valence-corrected chi connectivity index (χ4v) is 3.33. The number of nitro groups is 1. The summed E-state index contributed by atoms with van der Waals surface area (Å²) in [6.07, 6.45) is -1.20. The summed E-state index contributed by atoms with van der Waals surface area (Å²) in [7, 11) is 0. The van der Waals surface area contributed by atoms with Crippen molar-refractivity contribution >= 4 is 44.7 Å². The molecule has 1 aromatic heterocycles. The molecule has 0 saturated heterocycles. The number of carbonyl (C=O) groups is 2. The average Bonchev–Trinajstić information content (AvgIpc) is 3.08. The van der Waals surface area contributed by atoms with Crippen LogP contribution in [0.25, 0.3) is 10.1 Å². The summed E-state index contributed by atoms with van der Waals surface area (Å²) in [5.74, 6) is -1.95. The van der Waals surface area contributed by atoms with Crippen molar-refractivity contribution in [2.75, 3.05) is 5.32 Å². The molecule has 27 heavy (non-hydrogen) atoms. The number of amides is 1. The van der Waals surface area contributed by atoms with Gasteiger partial charge in [0.25, 0.3) is 11.6 Å². The predicted octanol–water partition coefficient (Wildman–Crippen LogP) is 4.13. The van der Waals surface area contributed by atoms with E-state index in [1.807, 2.05) is 0 Å². The van der Waals surface area contributed by atoms with E-state index in [9.17, 15) is 24.1 Å². The van der Waals surface area contributed by atoms with Gasteiger partial charge in [0.05, 0.1) is 4.92 Å². The first-order chi connectivity index (χ1) is 12.9. The van der Waals surface area contributed by atoms with E-state index in [-0.39, 0.29) is 16.3 Å². The van der Waals surface area contributed by atoms with E-state index in [1.165, 1.54) is 49.4 Å². The lowest BCUT2D eigenvalue weighted by Crippen LogP contribution is -2.30. The van der Waals surface area contributed by atoms with E-state index in [0.29, 0.717) is 10.1 Å². The molecule has 0 saturated carbocycles. The number of halogens is 1. The molecule has 0 bridgehead atoms. The second-order valence-electron chi connectivity index (χ2n) is 5.57. The maximum atomic E-state index is 13.7. The first kappa shape index (κ1) is 18.5. The van der Waals surface area contributed by atoms with Crippen molar-refractivity contribution in [1.82, 2.24) is 0 Å². The summed E-state index contributed by atoms with van der Waals surface area (Å²) in [6.45, 7) is 1.34. The van der Waals surface area contributed by atoms with Crippen LogP contribution in [0.4, 0.5) is 15.8 Å². The van der Waals surface area contributed by atoms with E-state index in [0.717, 1.165) is 11.3 Å². The lowest BCUT2D eigenvalue weighted by molar-refractivity contribution is -0.383. The summed E-state index contributed by atoms with van der Waals surface area (Å²) >= 11 is 1.05. The summed E-state index contributed by atoms with van der Waals surface area (Å²) < 4.78 is 19.4. The summed E-state index contributed by atoms with van der Waals surface area (Å²) in [5, 5.41) is 13.7. The summed E-state index contributed by atoms with van der Waals surface area (Å²) in [5.41, 5.74) is -0.274. The van der Waals surface area contributed by atoms with Gasteiger partial charge in [-0.2, -0.15) is 0 Å². The lowest BCUT2D eigenvalue weighted by atomic mass is 10.2. The molecule has 0 spiro atoms. The van der Waals surface area contributed by atoms with Crippen LogP contribution in [0.3, 0.4) is 0 Å². The fraction of sp³-hybridized carbons (Fsp3) is 0.111. The molecule has 138 valence electrons. The highest BCUT2D eigenvalue weighted by Crippen LogP contribution is 2.28. The number of hydrogen-bond acceptors (Lipinski definition) is 6. The van der Waals surface area contributed by atoms with Gasteiger partial charge in [0.1, 0.15) is 16.4 Å². The minimum Gasteiger partial charge on any atom is -0.448 e. The highest BCUT2D eigenvalue weighted by molar-refractivity contribution is 7.20. The summed E-state index contributed by atoms with van der Waals surface area (Å²) in [4.78, 5) is 35.0. The minimum absolute atomic E-state index is 0.000618. The van der Waals surface area contributed by atoms with Crippen molar-refractivity contribution in [3.63, 3.8) is 0 Å². The number of nitrogens with zero attached hydrogens (tertiary/aromatic N) is 1. The topological polar surface area (TPSA) is 98.5 Å². The molecule has 9 heteroatoms. The van der Waals surface area contributed by atoms with Crippen LogP contribution in [0.5, 0.6) is 0 Å². The number of nitrogens with one attached hydrogen (secondary N) is 1. The third-order valence-corrected chi connectivity index (χ3v) is 4.80. The van der Waals surface area contributed by atoms with Gasteiger partial charge >= 0.3 is 5.97 Å². The molecule has 1 heterocycles. The maximum Gasteiger partial charge on any atom is 0.349 e. The van der Waals surface area contributed by atoms with Crippen LogP contribution in [0.2, 0.25) is 0 Å². The van der Waals surface area contributed by atoms with Crippen molar-refractivity contribution in [3.8, 4) is 0 Å². The molecule has 1 atom stereocenters. The number of para-hydroxylation sites is 2. The van der Waals surface area contributed by atoms with E-state index >= 15 is 0 Å². The monoisotopic (exact) mass is 388 g/mol. The third-order valence-electron chi connectivity index (χ3n) is 3.72. The highest BCUT2D eigenvalue weighted by Gasteiger charge is 2.23. The second-order valence-corrected chi connectivity index (χ2v) is 6.66. The lowest BCUT2D eigenvalue weighted by Gasteiger charge is -2.13. The molecule has 0 radical (unpaired) electrons. The highest BCUT2D eigenvalue weighted by atomic mass is 32.1. The van der Waals surface area contributed by atoms with E-state index in [1.54, 1.807) is 6.07 Å². The SMILES string of the molecule is C[C@H](OC(=O)c1cc2c(F)cccc2s1)C(=O)Nc1ccccc1[N+](=O)[O-]. The molecule has 7 nitrogen and oxygen atoms in total. The molecular weight excluding hydrogens is 375 g/mol. The zero-order chi connectivity index (χ0) is 19.6. The Bertz CT molecular complexity index is 1050. The molecule has 0 unspecified atom stereocenters. The van der Waals surface area contributed by atoms with Crippen LogP contribution in [0.15, 0.2) is 48.5 Å². The Labute approximate surface area is 156 Å². The van der Waals surface area contributed by atoms with Gasteiger partial charge in [-0.1, -0.05) is 18.2 Å². The zero-order valence-corrected chi connectivity index (χ0v) is 14.8. The van der Waals surface area contributed by atoms with Crippen LogP contribution < -0.4 is 5.32 Å². The molecule has 2 aromatic carbocycles. The molecular formula is C18H13FN2O5S. The van der Waals surface area contributed by atoms with Gasteiger partial charge in [0.15, 0.2) is 6.10 Å². The number of anilines is 1. The smallest absolute Gasteiger partial charge is 0.349 e.